The minimum absolute atomic E-state index is 0.111. The molecule has 4 heteroatoms. The predicted molar refractivity (Wildman–Crippen MR) is 64.0 cm³/mol. The molecule has 1 aromatic rings. The van der Waals surface area contributed by atoms with Gasteiger partial charge >= 0.3 is 0 Å². The Hall–Kier alpha value is -1.00. The summed E-state index contributed by atoms with van der Waals surface area (Å²) in [6, 6.07) is 2.71. The van der Waals surface area contributed by atoms with Gasteiger partial charge in [0.25, 0.3) is 0 Å². The summed E-state index contributed by atoms with van der Waals surface area (Å²) >= 11 is 0. The van der Waals surface area contributed by atoms with Crippen molar-refractivity contribution in [1.29, 1.82) is 0 Å². The van der Waals surface area contributed by atoms with E-state index in [9.17, 15) is 8.78 Å². The maximum absolute atomic E-state index is 13.9. The largest absolute Gasteiger partial charge is 0.375 e. The van der Waals surface area contributed by atoms with Crippen LogP contribution in [0.5, 0.6) is 0 Å². The average Bonchev–Trinajstić information content (AvgIpc) is 2.97. The predicted octanol–water partition coefficient (Wildman–Crippen LogP) is 2.84. The van der Waals surface area contributed by atoms with Crippen molar-refractivity contribution >= 4 is 0 Å². The van der Waals surface area contributed by atoms with Crippen molar-refractivity contribution in [3.8, 4) is 0 Å². The molecule has 2 heterocycles. The first-order valence-corrected chi connectivity index (χ1v) is 6.43. The van der Waals surface area contributed by atoms with E-state index < -0.39 is 17.7 Å². The molecule has 2 saturated heterocycles. The molecule has 0 spiro atoms. The third-order valence-corrected chi connectivity index (χ3v) is 4.28. The summed E-state index contributed by atoms with van der Waals surface area (Å²) in [7, 11) is 0. The van der Waals surface area contributed by atoms with Crippen molar-refractivity contribution in [2.45, 2.75) is 44.4 Å². The van der Waals surface area contributed by atoms with Gasteiger partial charge < -0.3 is 10.5 Å². The molecule has 98 valence electrons. The molecule has 2 fully saturated rings. The van der Waals surface area contributed by atoms with Gasteiger partial charge in [-0.05, 0) is 31.7 Å². The number of fused-ring (bicyclic) bond motifs is 2. The Morgan fingerprint density at radius 3 is 2.67 bits per heavy atom. The number of ether oxygens (including phenoxy) is 1. The van der Waals surface area contributed by atoms with Gasteiger partial charge in [0.2, 0.25) is 0 Å². The fraction of sp³-hybridized carbons (Fsp3) is 0.571. The second-order valence-electron chi connectivity index (χ2n) is 5.40. The zero-order chi connectivity index (χ0) is 12.9. The molecule has 0 aromatic heterocycles. The number of hydrogen-bond donors (Lipinski definition) is 1. The van der Waals surface area contributed by atoms with Gasteiger partial charge in [0.1, 0.15) is 0 Å². The topological polar surface area (TPSA) is 35.2 Å². The van der Waals surface area contributed by atoms with Crippen LogP contribution in [-0.2, 0) is 4.74 Å². The molecule has 2 N–H and O–H groups in total. The number of aryl methyl sites for hydroxylation is 1. The molecule has 1 aromatic carbocycles. The highest BCUT2D eigenvalue weighted by Crippen LogP contribution is 2.44. The molecule has 0 saturated carbocycles. The van der Waals surface area contributed by atoms with E-state index in [1.165, 1.54) is 0 Å². The highest BCUT2D eigenvalue weighted by Gasteiger charge is 2.44. The minimum atomic E-state index is -0.801. The lowest BCUT2D eigenvalue weighted by Gasteiger charge is -2.26. The van der Waals surface area contributed by atoms with E-state index in [-0.39, 0.29) is 23.7 Å². The van der Waals surface area contributed by atoms with Crippen LogP contribution in [-0.4, -0.2) is 12.2 Å². The first-order valence-electron chi connectivity index (χ1n) is 6.43. The van der Waals surface area contributed by atoms with E-state index in [2.05, 4.69) is 0 Å². The summed E-state index contributed by atoms with van der Waals surface area (Å²) in [6.45, 7) is 1.55. The fourth-order valence-electron chi connectivity index (χ4n) is 3.20. The van der Waals surface area contributed by atoms with Gasteiger partial charge in [-0.3, -0.25) is 0 Å². The van der Waals surface area contributed by atoms with Gasteiger partial charge in [0, 0.05) is 17.5 Å². The van der Waals surface area contributed by atoms with Crippen LogP contribution in [0.4, 0.5) is 8.78 Å². The summed E-state index contributed by atoms with van der Waals surface area (Å²) in [5, 5.41) is 0. The van der Waals surface area contributed by atoms with Gasteiger partial charge in [-0.1, -0.05) is 12.1 Å². The average molecular weight is 253 g/mol. The number of nitrogens with two attached hydrogens (primary N) is 1. The number of hydrogen-bond acceptors (Lipinski definition) is 2. The molecule has 2 aliphatic rings. The molecule has 4 unspecified atom stereocenters. The molecule has 0 radical (unpaired) electrons. The molecule has 3 rings (SSSR count). The fourth-order valence-corrected chi connectivity index (χ4v) is 3.20. The standard InChI is InChI=1S/C14H17F2NO/c1-7-2-4-9(13(16)12(7)15)14(17)10-6-8-3-5-11(10)18-8/h2,4,8,10-11,14H,3,5-6,17H2,1H3. The second kappa shape index (κ2) is 4.28. The van der Waals surface area contributed by atoms with Crippen molar-refractivity contribution in [1.82, 2.24) is 0 Å². The van der Waals surface area contributed by atoms with Crippen LogP contribution in [0.25, 0.3) is 0 Å². The van der Waals surface area contributed by atoms with E-state index in [4.69, 9.17) is 10.5 Å². The first kappa shape index (κ1) is 12.1. The molecule has 18 heavy (non-hydrogen) atoms. The molecule has 0 amide bonds. The lowest BCUT2D eigenvalue weighted by atomic mass is 9.81. The molecule has 2 bridgehead atoms. The van der Waals surface area contributed by atoms with Crippen molar-refractivity contribution < 1.29 is 13.5 Å². The molecule has 2 nitrogen and oxygen atoms in total. The minimum Gasteiger partial charge on any atom is -0.375 e. The van der Waals surface area contributed by atoms with Crippen molar-refractivity contribution in [3.63, 3.8) is 0 Å². The van der Waals surface area contributed by atoms with E-state index in [1.54, 1.807) is 19.1 Å². The highest BCUT2D eigenvalue weighted by atomic mass is 19.2. The SMILES string of the molecule is Cc1ccc(C(N)C2CC3CCC2O3)c(F)c1F. The van der Waals surface area contributed by atoms with Crippen LogP contribution < -0.4 is 5.73 Å². The van der Waals surface area contributed by atoms with Crippen LogP contribution in [0.2, 0.25) is 0 Å². The smallest absolute Gasteiger partial charge is 0.163 e. The Morgan fingerprint density at radius 2 is 2.06 bits per heavy atom. The molecule has 0 aliphatic carbocycles. The molecule has 2 aliphatic heterocycles. The zero-order valence-corrected chi connectivity index (χ0v) is 10.3. The maximum atomic E-state index is 13.9. The van der Waals surface area contributed by atoms with Crippen LogP contribution in [0.15, 0.2) is 12.1 Å². The Kier molecular flexibility index (Phi) is 2.87. The van der Waals surface area contributed by atoms with Crippen LogP contribution in [0.1, 0.15) is 36.4 Å². The third kappa shape index (κ3) is 1.75. The molecular weight excluding hydrogens is 236 g/mol. The summed E-state index contributed by atoms with van der Waals surface area (Å²) < 4.78 is 33.2. The number of rotatable bonds is 2. The zero-order valence-electron chi connectivity index (χ0n) is 10.3. The monoisotopic (exact) mass is 253 g/mol. The maximum Gasteiger partial charge on any atom is 0.163 e. The lowest BCUT2D eigenvalue weighted by molar-refractivity contribution is 0.0882. The van der Waals surface area contributed by atoms with Crippen molar-refractivity contribution in [2.24, 2.45) is 11.7 Å². The van der Waals surface area contributed by atoms with Crippen LogP contribution >= 0.6 is 0 Å². The summed E-state index contributed by atoms with van der Waals surface area (Å²) in [6.07, 6.45) is 3.30. The third-order valence-electron chi connectivity index (χ3n) is 4.28. The molecular formula is C14H17F2NO. The normalized spacial score (nSPS) is 31.9. The van der Waals surface area contributed by atoms with Gasteiger partial charge in [-0.25, -0.2) is 8.78 Å². The van der Waals surface area contributed by atoms with E-state index in [0.29, 0.717) is 5.56 Å². The van der Waals surface area contributed by atoms with Crippen molar-refractivity contribution in [3.05, 3.63) is 34.9 Å². The number of benzene rings is 1. The Balaban J connectivity index is 1.89. The highest BCUT2D eigenvalue weighted by molar-refractivity contribution is 5.28. The van der Waals surface area contributed by atoms with Gasteiger partial charge in [-0.15, -0.1) is 0 Å². The van der Waals surface area contributed by atoms with Gasteiger partial charge in [0.15, 0.2) is 11.6 Å². The van der Waals surface area contributed by atoms with Crippen LogP contribution in [0.3, 0.4) is 0 Å². The van der Waals surface area contributed by atoms with E-state index >= 15 is 0 Å². The second-order valence-corrected chi connectivity index (χ2v) is 5.40. The lowest BCUT2D eigenvalue weighted by Crippen LogP contribution is -2.30. The Morgan fingerprint density at radius 1 is 1.28 bits per heavy atom. The number of halogens is 2. The summed E-state index contributed by atoms with van der Waals surface area (Å²) in [4.78, 5) is 0. The first-order chi connectivity index (χ1) is 8.58. The van der Waals surface area contributed by atoms with Crippen LogP contribution in [0, 0.1) is 24.5 Å². The van der Waals surface area contributed by atoms with E-state index in [1.807, 2.05) is 0 Å². The van der Waals surface area contributed by atoms with Crippen molar-refractivity contribution in [2.75, 3.05) is 0 Å². The van der Waals surface area contributed by atoms with E-state index in [0.717, 1.165) is 19.3 Å². The summed E-state index contributed by atoms with van der Waals surface area (Å²) in [5.74, 6) is -1.47. The Bertz CT molecular complexity index is 477. The van der Waals surface area contributed by atoms with Gasteiger partial charge in [0.05, 0.1) is 12.2 Å². The summed E-state index contributed by atoms with van der Waals surface area (Å²) in [5.41, 5.74) is 6.71. The quantitative estimate of drug-likeness (QED) is 0.879. The Labute approximate surface area is 105 Å². The molecule has 4 atom stereocenters. The van der Waals surface area contributed by atoms with Gasteiger partial charge in [-0.2, -0.15) is 0 Å².